The van der Waals surface area contributed by atoms with Crippen molar-refractivity contribution in [3.8, 4) is 34.5 Å². The van der Waals surface area contributed by atoms with Gasteiger partial charge in [0.05, 0.1) is 24.4 Å². The molecule has 2 aromatic carbocycles. The molecule has 24 heavy (non-hydrogen) atoms. The van der Waals surface area contributed by atoms with Gasteiger partial charge in [0.25, 0.3) is 5.88 Å². The Hall–Kier alpha value is -2.90. The second-order valence-corrected chi connectivity index (χ2v) is 5.63. The van der Waals surface area contributed by atoms with Crippen LogP contribution in [-0.2, 0) is 0 Å². The lowest BCUT2D eigenvalue weighted by Crippen LogP contribution is -1.98. The highest BCUT2D eigenvalue weighted by Crippen LogP contribution is 2.34. The number of aryl methyl sites for hydroxylation is 1. The van der Waals surface area contributed by atoms with Crippen molar-refractivity contribution in [2.75, 3.05) is 7.11 Å². The number of nitriles is 1. The fourth-order valence-corrected chi connectivity index (χ4v) is 2.55. The summed E-state index contributed by atoms with van der Waals surface area (Å²) in [5, 5.41) is 9.17. The maximum Gasteiger partial charge on any atom is 0.252 e. The van der Waals surface area contributed by atoms with Crippen LogP contribution in [0.1, 0.15) is 11.1 Å². The first-order valence-corrected chi connectivity index (χ1v) is 7.69. The van der Waals surface area contributed by atoms with Gasteiger partial charge in [-0.05, 0) is 19.1 Å². The van der Waals surface area contributed by atoms with Crippen LogP contribution >= 0.6 is 11.6 Å². The molecule has 0 unspecified atom stereocenters. The topological polar surface area (TPSA) is 58.8 Å². The molecule has 0 saturated carbocycles. The standard InChI is InChI=1S/C19H14ClN3O/c1-12-3-7-14(8-4-12)16-17(23-19(24-2)18(20)22-16)15-9-5-13(11-21)6-10-15/h3-10H,1-2H3. The minimum Gasteiger partial charge on any atom is -0.479 e. The van der Waals surface area contributed by atoms with Gasteiger partial charge < -0.3 is 4.74 Å². The normalized spacial score (nSPS) is 10.2. The molecule has 0 fully saturated rings. The van der Waals surface area contributed by atoms with Crippen LogP contribution in [0.3, 0.4) is 0 Å². The van der Waals surface area contributed by atoms with Gasteiger partial charge in [-0.3, -0.25) is 0 Å². The van der Waals surface area contributed by atoms with E-state index in [1.807, 2.05) is 43.3 Å². The monoisotopic (exact) mass is 335 g/mol. The summed E-state index contributed by atoms with van der Waals surface area (Å²) in [4.78, 5) is 8.99. The first-order valence-electron chi connectivity index (χ1n) is 7.31. The lowest BCUT2D eigenvalue weighted by atomic mass is 10.0. The predicted molar refractivity (Wildman–Crippen MR) is 93.9 cm³/mol. The molecule has 0 bridgehead atoms. The third-order valence-corrected chi connectivity index (χ3v) is 3.88. The molecule has 4 nitrogen and oxygen atoms in total. The highest BCUT2D eigenvalue weighted by Gasteiger charge is 2.16. The van der Waals surface area contributed by atoms with E-state index in [4.69, 9.17) is 21.6 Å². The molecule has 118 valence electrons. The Bertz CT molecular complexity index is 913. The molecule has 3 rings (SSSR count). The number of ether oxygens (including phenoxy) is 1. The molecule has 0 saturated heterocycles. The number of rotatable bonds is 3. The lowest BCUT2D eigenvalue weighted by Gasteiger charge is -2.12. The minimum absolute atomic E-state index is 0.213. The summed E-state index contributed by atoms with van der Waals surface area (Å²) in [6, 6.07) is 17.3. The van der Waals surface area contributed by atoms with Crippen molar-refractivity contribution >= 4 is 11.6 Å². The van der Waals surface area contributed by atoms with Gasteiger partial charge in [0.1, 0.15) is 5.69 Å². The van der Waals surface area contributed by atoms with Gasteiger partial charge in [-0.2, -0.15) is 5.26 Å². The van der Waals surface area contributed by atoms with Crippen molar-refractivity contribution in [2.24, 2.45) is 0 Å². The second kappa shape index (κ2) is 6.69. The van der Waals surface area contributed by atoms with Crippen molar-refractivity contribution < 1.29 is 4.74 Å². The average molecular weight is 336 g/mol. The number of halogens is 1. The summed E-state index contributed by atoms with van der Waals surface area (Å²) in [5.74, 6) is 0.270. The van der Waals surface area contributed by atoms with Gasteiger partial charge in [-0.25, -0.2) is 9.97 Å². The third-order valence-electron chi connectivity index (χ3n) is 3.63. The molecule has 0 aliphatic carbocycles. The van der Waals surface area contributed by atoms with Crippen LogP contribution in [0.25, 0.3) is 22.5 Å². The number of methoxy groups -OCH3 is 1. The number of benzene rings is 2. The SMILES string of the molecule is COc1nc(-c2ccc(C#N)cc2)c(-c2ccc(C)cc2)nc1Cl. The first kappa shape index (κ1) is 16.0. The van der Waals surface area contributed by atoms with E-state index in [0.29, 0.717) is 17.0 Å². The summed E-state index contributed by atoms with van der Waals surface area (Å²) in [6.45, 7) is 2.03. The summed E-state index contributed by atoms with van der Waals surface area (Å²) >= 11 is 6.18. The van der Waals surface area contributed by atoms with Crippen molar-refractivity contribution in [1.82, 2.24) is 9.97 Å². The molecular weight excluding hydrogens is 322 g/mol. The smallest absolute Gasteiger partial charge is 0.252 e. The summed E-state index contributed by atoms with van der Waals surface area (Å²) in [5.41, 5.74) is 4.83. The zero-order chi connectivity index (χ0) is 17.1. The summed E-state index contributed by atoms with van der Waals surface area (Å²) in [7, 11) is 1.50. The third kappa shape index (κ3) is 3.08. The van der Waals surface area contributed by atoms with E-state index in [1.165, 1.54) is 7.11 Å². The van der Waals surface area contributed by atoms with Crippen molar-refractivity contribution in [2.45, 2.75) is 6.92 Å². The molecule has 1 heterocycles. The second-order valence-electron chi connectivity index (χ2n) is 5.28. The molecular formula is C19H14ClN3O. The minimum atomic E-state index is 0.213. The van der Waals surface area contributed by atoms with Crippen molar-refractivity contribution in [3.05, 3.63) is 64.8 Å². The van der Waals surface area contributed by atoms with Gasteiger partial charge in [0.15, 0.2) is 5.15 Å². The van der Waals surface area contributed by atoms with Crippen LogP contribution in [0.4, 0.5) is 0 Å². The van der Waals surface area contributed by atoms with Crippen LogP contribution in [-0.4, -0.2) is 17.1 Å². The average Bonchev–Trinajstić information content (AvgIpc) is 2.62. The quantitative estimate of drug-likeness (QED) is 0.698. The van der Waals surface area contributed by atoms with Gasteiger partial charge in [0, 0.05) is 11.1 Å². The molecule has 0 aliphatic rings. The van der Waals surface area contributed by atoms with Gasteiger partial charge >= 0.3 is 0 Å². The van der Waals surface area contributed by atoms with Crippen LogP contribution in [0.15, 0.2) is 48.5 Å². The van der Waals surface area contributed by atoms with E-state index in [1.54, 1.807) is 12.1 Å². The van der Waals surface area contributed by atoms with Crippen molar-refractivity contribution in [3.63, 3.8) is 0 Å². The Kier molecular flexibility index (Phi) is 4.45. The van der Waals surface area contributed by atoms with Gasteiger partial charge in [-0.1, -0.05) is 53.6 Å². The van der Waals surface area contributed by atoms with Crippen LogP contribution in [0.5, 0.6) is 5.88 Å². The molecule has 3 aromatic rings. The number of nitrogens with zero attached hydrogens (tertiary/aromatic N) is 3. The van der Waals surface area contributed by atoms with Crippen LogP contribution in [0, 0.1) is 18.3 Å². The fourth-order valence-electron chi connectivity index (χ4n) is 2.35. The van der Waals surface area contributed by atoms with Crippen molar-refractivity contribution in [1.29, 1.82) is 5.26 Å². The number of hydrogen-bond acceptors (Lipinski definition) is 4. The molecule has 0 radical (unpaired) electrons. The molecule has 0 N–H and O–H groups in total. The Morgan fingerprint density at radius 2 is 1.46 bits per heavy atom. The zero-order valence-corrected chi connectivity index (χ0v) is 14.0. The summed E-state index contributed by atoms with van der Waals surface area (Å²) in [6.07, 6.45) is 0. The maximum absolute atomic E-state index is 8.96. The first-order chi connectivity index (χ1) is 11.6. The largest absolute Gasteiger partial charge is 0.479 e. The zero-order valence-electron chi connectivity index (χ0n) is 13.2. The lowest BCUT2D eigenvalue weighted by molar-refractivity contribution is 0.396. The van der Waals surface area contributed by atoms with E-state index >= 15 is 0 Å². The highest BCUT2D eigenvalue weighted by atomic mass is 35.5. The molecule has 5 heteroatoms. The number of aromatic nitrogens is 2. The maximum atomic E-state index is 8.96. The van der Waals surface area contributed by atoms with Crippen LogP contribution in [0.2, 0.25) is 5.15 Å². The van der Waals surface area contributed by atoms with E-state index in [0.717, 1.165) is 16.7 Å². The molecule has 0 atom stereocenters. The molecule has 1 aromatic heterocycles. The van der Waals surface area contributed by atoms with E-state index in [-0.39, 0.29) is 11.0 Å². The van der Waals surface area contributed by atoms with E-state index < -0.39 is 0 Å². The highest BCUT2D eigenvalue weighted by molar-refractivity contribution is 6.30. The van der Waals surface area contributed by atoms with E-state index in [9.17, 15) is 0 Å². The Morgan fingerprint density at radius 3 is 2.00 bits per heavy atom. The predicted octanol–water partition coefficient (Wildman–Crippen LogP) is 4.65. The molecule has 0 amide bonds. The fraction of sp³-hybridized carbons (Fsp3) is 0.105. The van der Waals surface area contributed by atoms with Gasteiger partial charge in [-0.15, -0.1) is 0 Å². The molecule has 0 spiro atoms. The Balaban J connectivity index is 2.21. The summed E-state index contributed by atoms with van der Waals surface area (Å²) < 4.78 is 5.20. The Morgan fingerprint density at radius 1 is 0.917 bits per heavy atom. The molecule has 0 aliphatic heterocycles. The van der Waals surface area contributed by atoms with E-state index in [2.05, 4.69) is 16.0 Å². The van der Waals surface area contributed by atoms with Crippen LogP contribution < -0.4 is 4.74 Å². The number of hydrogen-bond donors (Lipinski definition) is 0. The van der Waals surface area contributed by atoms with Gasteiger partial charge in [0.2, 0.25) is 0 Å². The Labute approximate surface area is 145 Å².